The van der Waals surface area contributed by atoms with E-state index in [9.17, 15) is 13.2 Å². The van der Waals surface area contributed by atoms with Crippen LogP contribution in [0.25, 0.3) is 22.3 Å². The van der Waals surface area contributed by atoms with Gasteiger partial charge in [0.2, 0.25) is 0 Å². The molecular weight excluding hydrogens is 457 g/mol. The van der Waals surface area contributed by atoms with Gasteiger partial charge in [0, 0.05) is 44.0 Å². The fraction of sp³-hybridized carbons (Fsp3) is 0.320. The van der Waals surface area contributed by atoms with Gasteiger partial charge in [-0.1, -0.05) is 24.0 Å². The lowest BCUT2D eigenvalue weighted by Gasteiger charge is -2.32. The van der Waals surface area contributed by atoms with E-state index in [0.29, 0.717) is 16.9 Å². The van der Waals surface area contributed by atoms with Crippen molar-refractivity contribution in [2.24, 2.45) is 7.05 Å². The van der Waals surface area contributed by atoms with Crippen LogP contribution in [-0.4, -0.2) is 49.3 Å². The lowest BCUT2D eigenvalue weighted by Crippen LogP contribution is -2.34. The van der Waals surface area contributed by atoms with Crippen LogP contribution in [0, 0.1) is 11.8 Å². The molecule has 4 heterocycles. The van der Waals surface area contributed by atoms with Crippen LogP contribution in [0.4, 0.5) is 19.0 Å². The van der Waals surface area contributed by atoms with E-state index in [1.54, 1.807) is 18.5 Å². The Kier molecular flexibility index (Phi) is 5.94. The normalized spacial score (nSPS) is 14.8. The monoisotopic (exact) mass is 480 g/mol. The van der Waals surface area contributed by atoms with Gasteiger partial charge in [-0.25, -0.2) is 15.0 Å². The number of aromatic nitrogens is 5. The van der Waals surface area contributed by atoms with E-state index in [0.717, 1.165) is 60.7 Å². The van der Waals surface area contributed by atoms with Crippen LogP contribution >= 0.6 is 0 Å². The topological polar surface area (TPSA) is 82.9 Å². The van der Waals surface area contributed by atoms with Crippen molar-refractivity contribution in [2.75, 3.05) is 24.6 Å². The molecule has 0 spiro atoms. The van der Waals surface area contributed by atoms with E-state index in [1.807, 2.05) is 11.6 Å². The van der Waals surface area contributed by atoms with Crippen molar-refractivity contribution in [1.29, 1.82) is 0 Å². The van der Waals surface area contributed by atoms with E-state index in [4.69, 9.17) is 10.1 Å². The number of aryl methyl sites for hydroxylation is 1. The summed E-state index contributed by atoms with van der Waals surface area (Å²) in [6.07, 6.45) is 2.32. The lowest BCUT2D eigenvalue weighted by atomic mass is 9.95. The van der Waals surface area contributed by atoms with Crippen molar-refractivity contribution in [1.82, 2.24) is 24.5 Å². The van der Waals surface area contributed by atoms with Gasteiger partial charge in [0.25, 0.3) is 0 Å². The first-order valence-corrected chi connectivity index (χ1v) is 11.2. The van der Waals surface area contributed by atoms with Crippen LogP contribution in [0.1, 0.15) is 35.7 Å². The average Bonchev–Trinajstić information content (AvgIpc) is 3.46. The van der Waals surface area contributed by atoms with Crippen LogP contribution in [0.15, 0.2) is 43.0 Å². The Hall–Kier alpha value is -3.84. The lowest BCUT2D eigenvalue weighted by molar-refractivity contribution is -0.137. The number of aliphatic hydroxyl groups is 1. The number of aromatic amines is 1. The molecule has 3 aromatic heterocycles. The summed E-state index contributed by atoms with van der Waals surface area (Å²) in [6, 6.07) is 5.27. The van der Waals surface area contributed by atoms with Gasteiger partial charge >= 0.3 is 6.18 Å². The number of alkyl halides is 3. The fourth-order valence-electron chi connectivity index (χ4n) is 4.62. The zero-order valence-corrected chi connectivity index (χ0v) is 19.0. The number of piperidine rings is 1. The molecule has 1 aromatic carbocycles. The van der Waals surface area contributed by atoms with Gasteiger partial charge in [-0.15, -0.1) is 0 Å². The minimum absolute atomic E-state index is 0.174. The summed E-state index contributed by atoms with van der Waals surface area (Å²) in [5.74, 6) is 7.45. The molecule has 10 heteroatoms. The molecule has 0 saturated carbocycles. The van der Waals surface area contributed by atoms with Gasteiger partial charge in [-0.05, 0) is 25.0 Å². The number of fused-ring (bicyclic) bond motifs is 1. The highest BCUT2D eigenvalue weighted by molar-refractivity contribution is 5.93. The molecule has 0 unspecified atom stereocenters. The van der Waals surface area contributed by atoms with Crippen molar-refractivity contribution in [3.05, 3.63) is 59.9 Å². The minimum atomic E-state index is -4.39. The first kappa shape index (κ1) is 22.9. The van der Waals surface area contributed by atoms with E-state index >= 15 is 0 Å². The van der Waals surface area contributed by atoms with Crippen LogP contribution in [0.5, 0.6) is 0 Å². The highest BCUT2D eigenvalue weighted by Gasteiger charge is 2.31. The number of rotatable bonds is 3. The molecule has 0 amide bonds. The number of anilines is 1. The molecule has 1 saturated heterocycles. The molecule has 4 aromatic rings. The van der Waals surface area contributed by atoms with Crippen LogP contribution in [0.2, 0.25) is 0 Å². The number of benzene rings is 1. The molecular formula is C25H23F3N6O. The van der Waals surface area contributed by atoms with Gasteiger partial charge in [-0.3, -0.25) is 0 Å². The third-order valence-corrected chi connectivity index (χ3v) is 6.31. The van der Waals surface area contributed by atoms with E-state index in [2.05, 4.69) is 31.7 Å². The zero-order chi connectivity index (χ0) is 24.6. The van der Waals surface area contributed by atoms with Crippen LogP contribution < -0.4 is 4.90 Å². The predicted molar refractivity (Wildman–Crippen MR) is 126 cm³/mol. The maximum Gasteiger partial charge on any atom is 0.416 e. The molecule has 1 aliphatic heterocycles. The first-order chi connectivity index (χ1) is 16.8. The van der Waals surface area contributed by atoms with Crippen molar-refractivity contribution in [2.45, 2.75) is 24.9 Å². The standard InChI is InChI=1S/C25H23F3N6O/c1-33-14-20(17-4-2-6-19(12-17)25(26,27)28)32-23(33)16-7-9-34(10-8-16)24-21-18(5-3-11-35)13-29-22(21)30-15-31-24/h2,4,6,12-16,35H,7-11H2,1H3,(H,29,30,31). The Morgan fingerprint density at radius 3 is 2.74 bits per heavy atom. The summed E-state index contributed by atoms with van der Waals surface area (Å²) in [5.41, 5.74) is 1.73. The molecule has 7 nitrogen and oxygen atoms in total. The van der Waals surface area contributed by atoms with Gasteiger partial charge in [0.05, 0.1) is 22.2 Å². The maximum absolute atomic E-state index is 13.1. The number of halogens is 3. The molecule has 1 aliphatic rings. The van der Waals surface area contributed by atoms with Gasteiger partial charge in [0.15, 0.2) is 0 Å². The summed E-state index contributed by atoms with van der Waals surface area (Å²) >= 11 is 0. The Labute approximate surface area is 199 Å². The number of hydrogen-bond acceptors (Lipinski definition) is 5. The number of aliphatic hydroxyl groups excluding tert-OH is 1. The molecule has 180 valence electrons. The Balaban J connectivity index is 1.36. The van der Waals surface area contributed by atoms with E-state index in [-0.39, 0.29) is 12.5 Å². The second-order valence-corrected chi connectivity index (χ2v) is 8.52. The maximum atomic E-state index is 13.1. The summed E-state index contributed by atoms with van der Waals surface area (Å²) in [4.78, 5) is 18.8. The largest absolute Gasteiger partial charge is 0.416 e. The number of hydrogen-bond donors (Lipinski definition) is 2. The number of nitrogens with zero attached hydrogens (tertiary/aromatic N) is 5. The number of imidazole rings is 1. The van der Waals surface area contributed by atoms with Gasteiger partial charge < -0.3 is 19.6 Å². The molecule has 2 N–H and O–H groups in total. The smallest absolute Gasteiger partial charge is 0.384 e. The van der Waals surface area contributed by atoms with E-state index < -0.39 is 11.7 Å². The highest BCUT2D eigenvalue weighted by Crippen LogP contribution is 2.35. The molecule has 0 bridgehead atoms. The van der Waals surface area contributed by atoms with E-state index in [1.165, 1.54) is 12.4 Å². The Morgan fingerprint density at radius 1 is 1.20 bits per heavy atom. The molecule has 0 radical (unpaired) electrons. The Morgan fingerprint density at radius 2 is 2.00 bits per heavy atom. The van der Waals surface area contributed by atoms with Crippen molar-refractivity contribution >= 4 is 16.9 Å². The van der Waals surface area contributed by atoms with Crippen molar-refractivity contribution in [3.8, 4) is 23.1 Å². The Bertz CT molecular complexity index is 1420. The minimum Gasteiger partial charge on any atom is -0.384 e. The first-order valence-electron chi connectivity index (χ1n) is 11.2. The number of H-pyrrole nitrogens is 1. The average molecular weight is 480 g/mol. The summed E-state index contributed by atoms with van der Waals surface area (Å²) in [6.45, 7) is 1.24. The van der Waals surface area contributed by atoms with Crippen molar-refractivity contribution in [3.63, 3.8) is 0 Å². The molecule has 0 atom stereocenters. The highest BCUT2D eigenvalue weighted by atomic mass is 19.4. The third-order valence-electron chi connectivity index (χ3n) is 6.31. The molecule has 0 aliphatic carbocycles. The summed E-state index contributed by atoms with van der Waals surface area (Å²) < 4.78 is 41.3. The van der Waals surface area contributed by atoms with Crippen LogP contribution in [-0.2, 0) is 13.2 Å². The van der Waals surface area contributed by atoms with Crippen molar-refractivity contribution < 1.29 is 18.3 Å². The quantitative estimate of drug-likeness (QED) is 0.432. The van der Waals surface area contributed by atoms with Crippen LogP contribution in [0.3, 0.4) is 0 Å². The molecule has 35 heavy (non-hydrogen) atoms. The molecule has 5 rings (SSSR count). The SMILES string of the molecule is Cn1cc(-c2cccc(C(F)(F)F)c2)nc1C1CCN(c2ncnc3[nH]cc(C#CCO)c23)CC1. The zero-order valence-electron chi connectivity index (χ0n) is 19.0. The van der Waals surface area contributed by atoms with Gasteiger partial charge in [0.1, 0.15) is 30.2 Å². The van der Waals surface area contributed by atoms with Gasteiger partial charge in [-0.2, -0.15) is 13.2 Å². The molecule has 1 fully saturated rings. The fourth-order valence-corrected chi connectivity index (χ4v) is 4.62. The predicted octanol–water partition coefficient (Wildman–Crippen LogP) is 4.11. The second-order valence-electron chi connectivity index (χ2n) is 8.52. The second kappa shape index (κ2) is 9.07. The summed E-state index contributed by atoms with van der Waals surface area (Å²) in [5, 5.41) is 9.88. The third kappa shape index (κ3) is 4.47. The number of nitrogens with one attached hydrogen (secondary N) is 1. The summed E-state index contributed by atoms with van der Waals surface area (Å²) in [7, 11) is 1.88.